The summed E-state index contributed by atoms with van der Waals surface area (Å²) >= 11 is 0. The van der Waals surface area contributed by atoms with Gasteiger partial charge in [-0.1, -0.05) is 17.7 Å². The number of aliphatic carboxylic acids is 1. The Labute approximate surface area is 99.9 Å². The molecule has 0 saturated heterocycles. The fourth-order valence-corrected chi connectivity index (χ4v) is 2.35. The molecule has 2 rings (SSSR count). The number of amides is 1. The lowest BCUT2D eigenvalue weighted by Gasteiger charge is -2.14. The molecule has 4 nitrogen and oxygen atoms in total. The van der Waals surface area contributed by atoms with Crippen molar-refractivity contribution in [3.63, 3.8) is 0 Å². The zero-order valence-electron chi connectivity index (χ0n) is 9.93. The lowest BCUT2D eigenvalue weighted by molar-refractivity contribution is -0.137. The van der Waals surface area contributed by atoms with Crippen molar-refractivity contribution >= 4 is 17.6 Å². The number of hydrogen-bond acceptors (Lipinski definition) is 2. The largest absolute Gasteiger partial charge is 0.481 e. The Morgan fingerprint density at radius 2 is 2.18 bits per heavy atom. The molecule has 4 heteroatoms. The van der Waals surface area contributed by atoms with Gasteiger partial charge in [-0.15, -0.1) is 0 Å². The van der Waals surface area contributed by atoms with E-state index < -0.39 is 5.97 Å². The fraction of sp³-hybridized carbons (Fsp3) is 0.385. The van der Waals surface area contributed by atoms with Crippen LogP contribution in [0.25, 0.3) is 0 Å². The zero-order chi connectivity index (χ0) is 12.6. The standard InChI is InChI=1S/C13H15NO3/c1-8-3-4-12-11(5-8)10(6-13(16)17)7-14(12)9(2)15/h3-5,10H,6-7H2,1-2H3,(H,16,17). The molecular formula is C13H15NO3. The second-order valence-corrected chi connectivity index (χ2v) is 4.49. The van der Waals surface area contributed by atoms with Crippen molar-refractivity contribution in [2.75, 3.05) is 11.4 Å². The summed E-state index contributed by atoms with van der Waals surface area (Å²) in [7, 11) is 0. The number of hydrogen-bond donors (Lipinski definition) is 1. The van der Waals surface area contributed by atoms with Crippen LogP contribution in [0, 0.1) is 6.92 Å². The number of carboxylic acids is 1. The lowest BCUT2D eigenvalue weighted by atomic mass is 9.96. The van der Waals surface area contributed by atoms with Crippen molar-refractivity contribution in [2.24, 2.45) is 0 Å². The highest BCUT2D eigenvalue weighted by atomic mass is 16.4. The third-order valence-electron chi connectivity index (χ3n) is 3.12. The van der Waals surface area contributed by atoms with E-state index in [4.69, 9.17) is 5.11 Å². The number of benzene rings is 1. The Balaban J connectivity index is 2.40. The molecular weight excluding hydrogens is 218 g/mol. The molecule has 1 amide bonds. The molecule has 0 radical (unpaired) electrons. The summed E-state index contributed by atoms with van der Waals surface area (Å²) in [5.74, 6) is -0.956. The molecule has 1 aromatic rings. The summed E-state index contributed by atoms with van der Waals surface area (Å²) in [5, 5.41) is 8.89. The van der Waals surface area contributed by atoms with Crippen LogP contribution in [0.5, 0.6) is 0 Å². The molecule has 1 aliphatic heterocycles. The average Bonchev–Trinajstić information content (AvgIpc) is 2.56. The van der Waals surface area contributed by atoms with Gasteiger partial charge in [-0.05, 0) is 18.6 Å². The van der Waals surface area contributed by atoms with Crippen LogP contribution < -0.4 is 4.90 Å². The van der Waals surface area contributed by atoms with Gasteiger partial charge in [-0.2, -0.15) is 0 Å². The van der Waals surface area contributed by atoms with Gasteiger partial charge in [0.05, 0.1) is 6.42 Å². The minimum atomic E-state index is -0.826. The number of rotatable bonds is 2. The van der Waals surface area contributed by atoms with Gasteiger partial charge in [0.2, 0.25) is 5.91 Å². The normalized spacial score (nSPS) is 18.0. The number of nitrogens with zero attached hydrogens (tertiary/aromatic N) is 1. The highest BCUT2D eigenvalue weighted by Crippen LogP contribution is 2.38. The van der Waals surface area contributed by atoms with Crippen LogP contribution >= 0.6 is 0 Å². The molecule has 0 bridgehead atoms. The summed E-state index contributed by atoms with van der Waals surface area (Å²) in [6, 6.07) is 5.82. The smallest absolute Gasteiger partial charge is 0.304 e. The second-order valence-electron chi connectivity index (χ2n) is 4.49. The van der Waals surface area contributed by atoms with Gasteiger partial charge in [0.1, 0.15) is 0 Å². The predicted octanol–water partition coefficient (Wildman–Crippen LogP) is 1.92. The van der Waals surface area contributed by atoms with Gasteiger partial charge < -0.3 is 10.0 Å². The molecule has 1 aliphatic rings. The van der Waals surface area contributed by atoms with Crippen molar-refractivity contribution in [1.82, 2.24) is 0 Å². The van der Waals surface area contributed by atoms with E-state index >= 15 is 0 Å². The molecule has 0 saturated carbocycles. The van der Waals surface area contributed by atoms with Crippen molar-refractivity contribution in [3.05, 3.63) is 29.3 Å². The van der Waals surface area contributed by atoms with Crippen LogP contribution in [0.3, 0.4) is 0 Å². The number of anilines is 1. The number of carboxylic acid groups (broad SMARTS) is 1. The molecule has 0 aliphatic carbocycles. The Kier molecular flexibility index (Phi) is 2.88. The van der Waals surface area contributed by atoms with Crippen LogP contribution in [0.15, 0.2) is 18.2 Å². The third-order valence-corrected chi connectivity index (χ3v) is 3.12. The van der Waals surface area contributed by atoms with Gasteiger partial charge in [-0.25, -0.2) is 0 Å². The van der Waals surface area contributed by atoms with E-state index in [0.29, 0.717) is 6.54 Å². The zero-order valence-corrected chi connectivity index (χ0v) is 9.93. The van der Waals surface area contributed by atoms with Crippen LogP contribution in [0.1, 0.15) is 30.4 Å². The molecule has 0 spiro atoms. The summed E-state index contributed by atoms with van der Waals surface area (Å²) < 4.78 is 0. The van der Waals surface area contributed by atoms with Gasteiger partial charge in [0.15, 0.2) is 0 Å². The van der Waals surface area contributed by atoms with Crippen molar-refractivity contribution in [2.45, 2.75) is 26.2 Å². The Morgan fingerprint density at radius 1 is 1.47 bits per heavy atom. The van der Waals surface area contributed by atoms with E-state index in [-0.39, 0.29) is 18.2 Å². The molecule has 1 atom stereocenters. The lowest BCUT2D eigenvalue weighted by Crippen LogP contribution is -2.27. The van der Waals surface area contributed by atoms with Crippen molar-refractivity contribution in [1.29, 1.82) is 0 Å². The van der Waals surface area contributed by atoms with Gasteiger partial charge in [-0.3, -0.25) is 9.59 Å². The van der Waals surface area contributed by atoms with Crippen molar-refractivity contribution in [3.8, 4) is 0 Å². The highest BCUT2D eigenvalue weighted by Gasteiger charge is 2.31. The maximum atomic E-state index is 11.5. The maximum Gasteiger partial charge on any atom is 0.304 e. The molecule has 17 heavy (non-hydrogen) atoms. The Morgan fingerprint density at radius 3 is 2.76 bits per heavy atom. The van der Waals surface area contributed by atoms with Crippen LogP contribution in [-0.2, 0) is 9.59 Å². The van der Waals surface area contributed by atoms with Gasteiger partial charge >= 0.3 is 5.97 Å². The first-order valence-corrected chi connectivity index (χ1v) is 5.59. The average molecular weight is 233 g/mol. The number of fused-ring (bicyclic) bond motifs is 1. The monoisotopic (exact) mass is 233 g/mol. The summed E-state index contributed by atoms with van der Waals surface area (Å²) in [6.45, 7) is 3.95. The molecule has 1 heterocycles. The van der Waals surface area contributed by atoms with E-state index in [9.17, 15) is 9.59 Å². The third kappa shape index (κ3) is 2.16. The van der Waals surface area contributed by atoms with Crippen LogP contribution in [0.2, 0.25) is 0 Å². The molecule has 90 valence electrons. The van der Waals surface area contributed by atoms with E-state index in [0.717, 1.165) is 16.8 Å². The minimum Gasteiger partial charge on any atom is -0.481 e. The Hall–Kier alpha value is -1.84. The van der Waals surface area contributed by atoms with E-state index in [1.54, 1.807) is 4.90 Å². The van der Waals surface area contributed by atoms with Crippen LogP contribution in [0.4, 0.5) is 5.69 Å². The number of carbonyl (C=O) groups is 2. The summed E-state index contributed by atoms with van der Waals surface area (Å²) in [6.07, 6.45) is 0.0697. The predicted molar refractivity (Wildman–Crippen MR) is 64.2 cm³/mol. The number of carbonyl (C=O) groups excluding carboxylic acids is 1. The van der Waals surface area contributed by atoms with Crippen molar-refractivity contribution < 1.29 is 14.7 Å². The SMILES string of the molecule is CC(=O)N1CC(CC(=O)O)c2cc(C)ccc21. The molecule has 1 N–H and O–H groups in total. The first kappa shape index (κ1) is 11.6. The molecule has 0 aromatic heterocycles. The molecule has 1 aromatic carbocycles. The van der Waals surface area contributed by atoms with E-state index in [1.807, 2.05) is 25.1 Å². The second kappa shape index (κ2) is 4.20. The highest BCUT2D eigenvalue weighted by molar-refractivity contribution is 5.94. The molecule has 0 fully saturated rings. The van der Waals surface area contributed by atoms with Gasteiger partial charge in [0, 0.05) is 25.1 Å². The first-order chi connectivity index (χ1) is 7.99. The summed E-state index contributed by atoms with van der Waals surface area (Å²) in [5.41, 5.74) is 2.92. The molecule has 1 unspecified atom stereocenters. The fourth-order valence-electron chi connectivity index (χ4n) is 2.35. The minimum absolute atomic E-state index is 0.0389. The van der Waals surface area contributed by atoms with E-state index in [1.165, 1.54) is 6.92 Å². The Bertz CT molecular complexity index is 482. The quantitative estimate of drug-likeness (QED) is 0.849. The maximum absolute atomic E-state index is 11.5. The first-order valence-electron chi connectivity index (χ1n) is 5.59. The summed E-state index contributed by atoms with van der Waals surface area (Å²) in [4.78, 5) is 24.0. The van der Waals surface area contributed by atoms with E-state index in [2.05, 4.69) is 0 Å². The van der Waals surface area contributed by atoms with Crippen LogP contribution in [-0.4, -0.2) is 23.5 Å². The van der Waals surface area contributed by atoms with Gasteiger partial charge in [0.25, 0.3) is 0 Å². The topological polar surface area (TPSA) is 57.6 Å². The number of aryl methyl sites for hydroxylation is 1.